The van der Waals surface area contributed by atoms with Crippen LogP contribution in [0.5, 0.6) is 0 Å². The Kier molecular flexibility index (Phi) is 6.83. The maximum absolute atomic E-state index is 14.1. The van der Waals surface area contributed by atoms with E-state index in [-0.39, 0.29) is 22.6 Å². The number of ketones is 1. The largest absolute Gasteiger partial charge is 0.507 e. The summed E-state index contributed by atoms with van der Waals surface area (Å²) >= 11 is 0. The monoisotopic (exact) mass is 554 g/mol. The molecule has 2 aromatic rings. The van der Waals surface area contributed by atoms with Crippen molar-refractivity contribution >= 4 is 39.1 Å². The van der Waals surface area contributed by atoms with Gasteiger partial charge in [0, 0.05) is 64.1 Å². The molecular formula is C27H30N4O7S. The van der Waals surface area contributed by atoms with E-state index >= 15 is 0 Å². The lowest BCUT2D eigenvalue weighted by Crippen LogP contribution is -2.53. The number of aliphatic hydroxyl groups excluding tert-OH is 1. The Bertz CT molecular complexity index is 1480. The number of aliphatic hydroxyl groups is 1. The highest BCUT2D eigenvalue weighted by Crippen LogP contribution is 2.53. The number of carbonyl (C=O) groups is 3. The number of hydrogen-bond acceptors (Lipinski definition) is 8. The molecule has 0 saturated carbocycles. The molecule has 206 valence electrons. The SMILES string of the molecule is CN1C(=O)[C@@]2(C(=C(O)c3ccc(S(=O)(=O)N(C)C)cc3)C(=O)C(=O)N2CCN2CCOCC2)c2ccccc21. The summed E-state index contributed by atoms with van der Waals surface area (Å²) in [4.78, 5) is 46.0. The Labute approximate surface area is 226 Å². The normalized spacial score (nSPS) is 23.3. The third kappa shape index (κ3) is 4.06. The van der Waals surface area contributed by atoms with E-state index in [9.17, 15) is 27.9 Å². The Morgan fingerprint density at radius 1 is 1.00 bits per heavy atom. The minimum Gasteiger partial charge on any atom is -0.507 e. The first kappa shape index (κ1) is 27.0. The van der Waals surface area contributed by atoms with Gasteiger partial charge in [0.05, 0.1) is 23.7 Å². The van der Waals surface area contributed by atoms with Gasteiger partial charge in [-0.25, -0.2) is 12.7 Å². The summed E-state index contributed by atoms with van der Waals surface area (Å²) in [6, 6.07) is 12.2. The van der Waals surface area contributed by atoms with Crippen LogP contribution in [0.25, 0.3) is 5.76 Å². The van der Waals surface area contributed by atoms with Crippen LogP contribution in [0.15, 0.2) is 59.0 Å². The number of carbonyl (C=O) groups excluding carboxylic acids is 3. The number of morpholine rings is 1. The molecule has 3 aliphatic rings. The van der Waals surface area contributed by atoms with E-state index in [0.717, 1.165) is 4.31 Å². The number of rotatable bonds is 6. The standard InChI is InChI=1S/C27H30N4O7S/c1-28(2)39(36,37)19-10-8-18(9-11-19)23(32)22-24(33)25(34)31(13-12-30-14-16-38-17-15-30)27(22)20-6-4-5-7-21(20)29(3)26(27)35/h4-11,32H,12-17H2,1-3H3/t27-/m0/s1. The van der Waals surface area contributed by atoms with Crippen LogP contribution in [-0.2, 0) is 34.7 Å². The van der Waals surface area contributed by atoms with Crippen molar-refractivity contribution < 1.29 is 32.6 Å². The van der Waals surface area contributed by atoms with E-state index in [2.05, 4.69) is 4.90 Å². The van der Waals surface area contributed by atoms with Gasteiger partial charge in [-0.2, -0.15) is 0 Å². The van der Waals surface area contributed by atoms with Gasteiger partial charge in [-0.15, -0.1) is 0 Å². The number of anilines is 1. The molecule has 11 nitrogen and oxygen atoms in total. The van der Waals surface area contributed by atoms with Crippen LogP contribution >= 0.6 is 0 Å². The molecule has 0 aromatic heterocycles. The third-order valence-electron chi connectivity index (χ3n) is 7.59. The molecule has 39 heavy (non-hydrogen) atoms. The van der Waals surface area contributed by atoms with Gasteiger partial charge in [-0.1, -0.05) is 18.2 Å². The summed E-state index contributed by atoms with van der Waals surface area (Å²) in [7, 11) is 0.644. The van der Waals surface area contributed by atoms with Crippen LogP contribution in [-0.4, -0.2) is 106 Å². The molecule has 2 aromatic carbocycles. The fourth-order valence-corrected chi connectivity index (χ4v) is 6.38. The van der Waals surface area contributed by atoms with Crippen LogP contribution in [0.3, 0.4) is 0 Å². The Morgan fingerprint density at radius 3 is 2.28 bits per heavy atom. The number of fused-ring (bicyclic) bond motifs is 2. The summed E-state index contributed by atoms with van der Waals surface area (Å²) in [5, 5.41) is 11.5. The number of likely N-dealkylation sites (N-methyl/N-ethyl adjacent to an activating group) is 1. The summed E-state index contributed by atoms with van der Waals surface area (Å²) < 4.78 is 31.5. The molecular weight excluding hydrogens is 524 g/mol. The average molecular weight is 555 g/mol. The first-order chi connectivity index (χ1) is 18.5. The lowest BCUT2D eigenvalue weighted by atomic mass is 9.82. The number of nitrogens with zero attached hydrogens (tertiary/aromatic N) is 4. The van der Waals surface area contributed by atoms with Crippen LogP contribution in [0, 0.1) is 0 Å². The molecule has 0 bridgehead atoms. The summed E-state index contributed by atoms with van der Waals surface area (Å²) in [6.45, 7) is 2.90. The Morgan fingerprint density at radius 2 is 1.64 bits per heavy atom. The van der Waals surface area contributed by atoms with Gasteiger partial charge < -0.3 is 19.6 Å². The number of para-hydroxylation sites is 1. The van der Waals surface area contributed by atoms with Crippen molar-refractivity contribution in [3.05, 3.63) is 65.2 Å². The lowest BCUT2D eigenvalue weighted by molar-refractivity contribution is -0.144. The quantitative estimate of drug-likeness (QED) is 0.316. The topological polar surface area (TPSA) is 128 Å². The van der Waals surface area contributed by atoms with E-state index in [1.165, 1.54) is 48.2 Å². The predicted octanol–water partition coefficient (Wildman–Crippen LogP) is 0.821. The Hall–Kier alpha value is -3.58. The Balaban J connectivity index is 1.66. The minimum atomic E-state index is -3.73. The molecule has 5 rings (SSSR count). The molecule has 2 amide bonds. The van der Waals surface area contributed by atoms with Crippen molar-refractivity contribution in [3.63, 3.8) is 0 Å². The van der Waals surface area contributed by atoms with Gasteiger partial charge in [0.25, 0.3) is 17.6 Å². The molecule has 1 spiro atoms. The van der Waals surface area contributed by atoms with Crippen molar-refractivity contribution in [2.24, 2.45) is 0 Å². The van der Waals surface area contributed by atoms with E-state index in [0.29, 0.717) is 44.1 Å². The number of sulfonamides is 1. The molecule has 0 aliphatic carbocycles. The van der Waals surface area contributed by atoms with E-state index < -0.39 is 38.9 Å². The van der Waals surface area contributed by atoms with Crippen molar-refractivity contribution in [2.75, 3.05) is 65.4 Å². The molecule has 2 saturated heterocycles. The van der Waals surface area contributed by atoms with Crippen LogP contribution < -0.4 is 4.90 Å². The number of Topliss-reactive ketones (excluding diaryl/α,β-unsaturated/α-hetero) is 1. The van der Waals surface area contributed by atoms with E-state index in [4.69, 9.17) is 4.74 Å². The second-order valence-electron chi connectivity index (χ2n) is 9.87. The number of hydrogen-bond donors (Lipinski definition) is 1. The third-order valence-corrected chi connectivity index (χ3v) is 9.42. The zero-order chi connectivity index (χ0) is 28.1. The molecule has 0 unspecified atom stereocenters. The van der Waals surface area contributed by atoms with Gasteiger partial charge >= 0.3 is 0 Å². The molecule has 1 atom stereocenters. The second-order valence-corrected chi connectivity index (χ2v) is 12.0. The maximum atomic E-state index is 14.1. The second kappa shape index (κ2) is 9.87. The predicted molar refractivity (Wildman–Crippen MR) is 142 cm³/mol. The van der Waals surface area contributed by atoms with Crippen molar-refractivity contribution in [2.45, 2.75) is 10.4 Å². The number of likely N-dealkylation sites (tertiary alicyclic amines) is 1. The molecule has 0 radical (unpaired) electrons. The van der Waals surface area contributed by atoms with Gasteiger partial charge in [0.1, 0.15) is 5.76 Å². The molecule has 12 heteroatoms. The fourth-order valence-electron chi connectivity index (χ4n) is 5.48. The van der Waals surface area contributed by atoms with Crippen molar-refractivity contribution in [1.82, 2.24) is 14.1 Å². The molecule has 2 fully saturated rings. The van der Waals surface area contributed by atoms with Crippen molar-refractivity contribution in [3.8, 4) is 0 Å². The lowest BCUT2D eigenvalue weighted by Gasteiger charge is -2.36. The molecule has 3 aliphatic heterocycles. The summed E-state index contributed by atoms with van der Waals surface area (Å²) in [5.74, 6) is -2.93. The first-order valence-corrected chi connectivity index (χ1v) is 14.0. The van der Waals surface area contributed by atoms with E-state index in [1.54, 1.807) is 31.3 Å². The summed E-state index contributed by atoms with van der Waals surface area (Å²) in [6.07, 6.45) is 0. The highest BCUT2D eigenvalue weighted by molar-refractivity contribution is 7.89. The smallest absolute Gasteiger partial charge is 0.296 e. The van der Waals surface area contributed by atoms with Gasteiger partial charge in [0.2, 0.25) is 10.0 Å². The summed E-state index contributed by atoms with van der Waals surface area (Å²) in [5.41, 5.74) is -1.13. The highest BCUT2D eigenvalue weighted by Gasteiger charge is 2.66. The zero-order valence-corrected chi connectivity index (χ0v) is 22.8. The van der Waals surface area contributed by atoms with Gasteiger partial charge in [-0.05, 0) is 30.3 Å². The van der Waals surface area contributed by atoms with Gasteiger partial charge in [-0.3, -0.25) is 19.3 Å². The van der Waals surface area contributed by atoms with Crippen LogP contribution in [0.1, 0.15) is 11.1 Å². The fraction of sp³-hybridized carbons (Fsp3) is 0.370. The average Bonchev–Trinajstić information content (AvgIpc) is 3.30. The van der Waals surface area contributed by atoms with Crippen LogP contribution in [0.4, 0.5) is 5.69 Å². The van der Waals surface area contributed by atoms with Crippen LogP contribution in [0.2, 0.25) is 0 Å². The number of benzene rings is 2. The molecule has 3 heterocycles. The van der Waals surface area contributed by atoms with E-state index in [1.807, 2.05) is 0 Å². The zero-order valence-electron chi connectivity index (χ0n) is 22.0. The maximum Gasteiger partial charge on any atom is 0.296 e. The number of amides is 2. The van der Waals surface area contributed by atoms with Gasteiger partial charge in [0.15, 0.2) is 5.54 Å². The minimum absolute atomic E-state index is 0.00764. The number of ether oxygens (including phenoxy) is 1. The first-order valence-electron chi connectivity index (χ1n) is 12.5. The van der Waals surface area contributed by atoms with Crippen molar-refractivity contribution in [1.29, 1.82) is 0 Å². The highest BCUT2D eigenvalue weighted by atomic mass is 32.2. The molecule has 1 N–H and O–H groups in total.